The van der Waals surface area contributed by atoms with Crippen molar-refractivity contribution in [3.63, 3.8) is 0 Å². The molecule has 0 spiro atoms. The summed E-state index contributed by atoms with van der Waals surface area (Å²) >= 11 is 0. The van der Waals surface area contributed by atoms with Gasteiger partial charge in [0, 0.05) is 33.0 Å². The zero-order valence-corrected chi connectivity index (χ0v) is 34.3. The molecule has 0 saturated heterocycles. The molecule has 35 heavy (non-hydrogen) atoms. The average Bonchev–Trinajstić information content (AvgIpc) is 2.80. The van der Waals surface area contributed by atoms with Crippen LogP contribution in [0.4, 0.5) is 0 Å². The Morgan fingerprint density at radius 3 is 1.20 bits per heavy atom. The Balaban J connectivity index is -0.000000182. The summed E-state index contributed by atoms with van der Waals surface area (Å²) in [6, 6.07) is 0. The van der Waals surface area contributed by atoms with Crippen LogP contribution in [-0.2, 0) is 33.2 Å². The molecule has 208 valence electrons. The summed E-state index contributed by atoms with van der Waals surface area (Å²) in [6.45, 7) is 8.78. The SMILES string of the molecule is [CH2-]C.[CH2-]OCC(O)CCOCCOCCOCCC(O)CO[CH2-].[CH2-]OCC(O)COCCO.[Rf].[Rf]. The molecular formula is C22H46O11Rf2-4. The molecule has 0 fully saturated rings. The van der Waals surface area contributed by atoms with Crippen LogP contribution in [0, 0.1) is 28.3 Å². The summed E-state index contributed by atoms with van der Waals surface area (Å²) in [4.78, 5) is 0. The Labute approximate surface area is 199 Å². The fraction of sp³-hybridized carbons (Fsp3) is 0.818. The van der Waals surface area contributed by atoms with Gasteiger partial charge in [-0.05, 0) is 12.8 Å². The normalized spacial score (nSPS) is 12.6. The number of hydrogen-bond donors (Lipinski definition) is 4. The molecule has 0 aromatic rings. The van der Waals surface area contributed by atoms with Crippen molar-refractivity contribution >= 4 is 0 Å². The Morgan fingerprint density at radius 2 is 0.857 bits per heavy atom. The molecular weight excluding hydrogens is 974 g/mol. The quantitative estimate of drug-likeness (QED) is 0.0871. The van der Waals surface area contributed by atoms with Crippen LogP contribution >= 0.6 is 0 Å². The molecule has 0 aliphatic rings. The van der Waals surface area contributed by atoms with Gasteiger partial charge < -0.3 is 60.5 Å². The molecule has 0 aliphatic carbocycles. The van der Waals surface area contributed by atoms with Gasteiger partial charge in [-0.3, -0.25) is 0 Å². The molecule has 0 rings (SSSR count). The first-order valence-electron chi connectivity index (χ1n) is 10.8. The number of rotatable bonds is 22. The van der Waals surface area contributed by atoms with Crippen LogP contribution in [0.25, 0.3) is 0 Å². The predicted octanol–water partition coefficient (Wildman–Crippen LogP) is 0.159. The van der Waals surface area contributed by atoms with Gasteiger partial charge in [0.25, 0.3) is 0 Å². The van der Waals surface area contributed by atoms with Crippen LogP contribution in [0.2, 0.25) is 0 Å². The standard InChI is InChI=1S/C14H28O7.C6H13O4.C2H5.2Rf/c1-17-11-13(15)3-5-19-7-9-21-10-8-20-6-4-14(16)12-18-2;1-9-4-6(8)5-10-3-2-7;1-2;;/h13-16H,1-12H2;6-8H,1-5H2;1H2,2H3;;/q-2;2*-1;;. The Kier molecular flexibility index (Phi) is 47.3. The summed E-state index contributed by atoms with van der Waals surface area (Å²) in [6.07, 6.45) is -0.707. The first-order chi connectivity index (χ1) is 16.0. The average molecular weight is 1020 g/mol. The summed E-state index contributed by atoms with van der Waals surface area (Å²) < 4.78 is 34.2. The Bertz CT molecular complexity index is 316. The molecule has 3 atom stereocenters. The van der Waals surface area contributed by atoms with E-state index in [0.29, 0.717) is 52.5 Å². The maximum atomic E-state index is 9.32. The van der Waals surface area contributed by atoms with Crippen molar-refractivity contribution in [3.05, 3.63) is 28.3 Å². The maximum absolute atomic E-state index is 9.32. The molecule has 0 saturated carbocycles. The first-order valence-corrected chi connectivity index (χ1v) is 10.8. The summed E-state index contributed by atoms with van der Waals surface area (Å²) in [7, 11) is 9.47. The van der Waals surface area contributed by atoms with Crippen LogP contribution in [0.3, 0.4) is 0 Å². The van der Waals surface area contributed by atoms with Gasteiger partial charge in [0.15, 0.2) is 0 Å². The van der Waals surface area contributed by atoms with Crippen molar-refractivity contribution < 1.29 is 53.6 Å². The largest absolute Gasteiger partial charge is 0.553 e. The van der Waals surface area contributed by atoms with Crippen molar-refractivity contribution in [1.29, 1.82) is 0 Å². The fourth-order valence-electron chi connectivity index (χ4n) is 1.89. The second-order valence-corrected chi connectivity index (χ2v) is 6.29. The monoisotopic (exact) mass is 1020 g/mol. The van der Waals surface area contributed by atoms with Crippen LogP contribution in [0.5, 0.6) is 0 Å². The van der Waals surface area contributed by atoms with Crippen molar-refractivity contribution in [2.24, 2.45) is 0 Å². The van der Waals surface area contributed by atoms with Crippen LogP contribution in [-0.4, -0.2) is 118 Å². The van der Waals surface area contributed by atoms with E-state index in [0.717, 1.165) is 0 Å². The minimum atomic E-state index is -0.649. The van der Waals surface area contributed by atoms with Crippen molar-refractivity contribution in [3.8, 4) is 0 Å². The third-order valence-electron chi connectivity index (χ3n) is 3.41. The minimum Gasteiger partial charge on any atom is -0.553 e. The van der Waals surface area contributed by atoms with E-state index in [1.165, 1.54) is 0 Å². The molecule has 0 bridgehead atoms. The van der Waals surface area contributed by atoms with Gasteiger partial charge in [0.05, 0.1) is 64.6 Å². The molecule has 0 amide bonds. The van der Waals surface area contributed by atoms with E-state index in [4.69, 9.17) is 29.2 Å². The maximum Gasteiger partial charge on any atom is 0.0976 e. The van der Waals surface area contributed by atoms with Crippen molar-refractivity contribution in [2.45, 2.75) is 38.1 Å². The van der Waals surface area contributed by atoms with E-state index < -0.39 is 18.3 Å². The van der Waals surface area contributed by atoms with E-state index in [1.54, 1.807) is 6.92 Å². The summed E-state index contributed by atoms with van der Waals surface area (Å²) in [5.74, 6) is 0. The van der Waals surface area contributed by atoms with E-state index in [2.05, 4.69) is 42.5 Å². The van der Waals surface area contributed by atoms with Crippen LogP contribution in [0.15, 0.2) is 0 Å². The van der Waals surface area contributed by atoms with E-state index >= 15 is 0 Å². The second kappa shape index (κ2) is 38.8. The zero-order valence-electron chi connectivity index (χ0n) is 21.5. The molecule has 13 heteroatoms. The van der Waals surface area contributed by atoms with Gasteiger partial charge in [0.2, 0.25) is 0 Å². The summed E-state index contributed by atoms with van der Waals surface area (Å²) in [5, 5.41) is 35.8. The molecule has 0 radical (unpaired) electrons. The number of ether oxygens (including phenoxy) is 7. The van der Waals surface area contributed by atoms with Crippen molar-refractivity contribution in [1.82, 2.24) is 0 Å². The van der Waals surface area contributed by atoms with Gasteiger partial charge in [0.1, 0.15) is 0 Å². The van der Waals surface area contributed by atoms with E-state index in [1.807, 2.05) is 0 Å². The first kappa shape index (κ1) is 42.7. The number of aliphatic hydroxyl groups excluding tert-OH is 4. The van der Waals surface area contributed by atoms with Gasteiger partial charge in [-0.25, -0.2) is 21.3 Å². The zero-order chi connectivity index (χ0) is 25.6. The molecule has 3 unspecified atom stereocenters. The van der Waals surface area contributed by atoms with Gasteiger partial charge >= 0.3 is 0 Å². The topological polar surface area (TPSA) is 146 Å². The van der Waals surface area contributed by atoms with E-state index in [-0.39, 0.29) is 39.6 Å². The van der Waals surface area contributed by atoms with E-state index in [9.17, 15) is 10.2 Å². The Morgan fingerprint density at radius 1 is 0.514 bits per heavy atom. The van der Waals surface area contributed by atoms with Crippen molar-refractivity contribution in [2.75, 3.05) is 79.3 Å². The van der Waals surface area contributed by atoms with Gasteiger partial charge in [-0.1, -0.05) is 0 Å². The minimum absolute atomic E-state index is 0. The van der Waals surface area contributed by atoms with Gasteiger partial charge in [-0.15, -0.1) is 0 Å². The fourth-order valence-corrected chi connectivity index (χ4v) is 1.89. The van der Waals surface area contributed by atoms with Gasteiger partial charge in [-0.2, -0.15) is 6.92 Å². The molecule has 0 aromatic heterocycles. The van der Waals surface area contributed by atoms with Crippen LogP contribution < -0.4 is 0 Å². The Hall–Kier alpha value is -2.44. The third-order valence-corrected chi connectivity index (χ3v) is 3.41. The second-order valence-electron chi connectivity index (χ2n) is 6.29. The predicted molar refractivity (Wildman–Crippen MR) is 123 cm³/mol. The molecule has 4 N–H and O–H groups in total. The third kappa shape index (κ3) is 42.2. The number of aliphatic hydroxyl groups is 4. The molecule has 0 aliphatic heterocycles. The molecule has 0 heterocycles. The molecule has 0 aromatic carbocycles. The van der Waals surface area contributed by atoms with Crippen LogP contribution in [0.1, 0.15) is 19.8 Å². The molecule has 11 nitrogen and oxygen atoms in total. The number of hydrogen-bond acceptors (Lipinski definition) is 11. The summed E-state index contributed by atoms with van der Waals surface area (Å²) in [5.41, 5.74) is 0. The smallest absolute Gasteiger partial charge is 0.0976 e.